The maximum absolute atomic E-state index is 11.0. The molecule has 1 aliphatic rings. The lowest BCUT2D eigenvalue weighted by Crippen LogP contribution is -2.41. The van der Waals surface area contributed by atoms with Gasteiger partial charge in [0.25, 0.3) is 0 Å². The fraction of sp³-hybridized carbons (Fsp3) is 0.700. The molecule has 1 aliphatic heterocycles. The van der Waals surface area contributed by atoms with E-state index >= 15 is 0 Å². The highest BCUT2D eigenvalue weighted by Gasteiger charge is 2.13. The summed E-state index contributed by atoms with van der Waals surface area (Å²) < 4.78 is 10.2. The first-order chi connectivity index (χ1) is 6.70. The molecule has 80 valence electrons. The number of ether oxygens (including phenoxy) is 2. The van der Waals surface area contributed by atoms with Gasteiger partial charge in [-0.05, 0) is 13.3 Å². The fourth-order valence-corrected chi connectivity index (χ4v) is 1.22. The van der Waals surface area contributed by atoms with E-state index in [4.69, 9.17) is 9.47 Å². The Morgan fingerprint density at radius 3 is 3.07 bits per heavy atom. The highest BCUT2D eigenvalue weighted by molar-refractivity contribution is 5.86. The number of esters is 1. The number of carbonyl (C=O) groups is 1. The van der Waals surface area contributed by atoms with E-state index in [1.54, 1.807) is 6.92 Å². The van der Waals surface area contributed by atoms with Gasteiger partial charge in [-0.2, -0.15) is 0 Å². The predicted molar refractivity (Wildman–Crippen MR) is 53.0 cm³/mol. The van der Waals surface area contributed by atoms with E-state index in [0.29, 0.717) is 24.8 Å². The van der Waals surface area contributed by atoms with Crippen LogP contribution in [-0.2, 0) is 14.3 Å². The molecule has 0 aromatic rings. The third-order valence-corrected chi connectivity index (χ3v) is 2.05. The molecule has 1 N–H and O–H groups in total. The van der Waals surface area contributed by atoms with E-state index in [9.17, 15) is 4.79 Å². The Hall–Kier alpha value is -0.870. The zero-order valence-electron chi connectivity index (χ0n) is 8.54. The first kappa shape index (κ1) is 11.2. The Kier molecular flexibility index (Phi) is 4.62. The van der Waals surface area contributed by atoms with Gasteiger partial charge in [0.2, 0.25) is 0 Å². The average Bonchev–Trinajstić information content (AvgIpc) is 2.19. The molecule has 1 saturated heterocycles. The normalized spacial score (nSPS) is 21.6. The van der Waals surface area contributed by atoms with Gasteiger partial charge in [0.1, 0.15) is 0 Å². The summed E-state index contributed by atoms with van der Waals surface area (Å²) in [5.74, 6) is -0.318. The van der Waals surface area contributed by atoms with Gasteiger partial charge in [-0.3, -0.25) is 0 Å². The van der Waals surface area contributed by atoms with Gasteiger partial charge in [0.15, 0.2) is 0 Å². The minimum absolute atomic E-state index is 0.307. The first-order valence-electron chi connectivity index (χ1n) is 4.84. The minimum Gasteiger partial charge on any atom is -0.462 e. The van der Waals surface area contributed by atoms with Crippen molar-refractivity contribution in [1.82, 2.24) is 5.32 Å². The van der Waals surface area contributed by atoms with Crippen LogP contribution in [0.25, 0.3) is 0 Å². The number of rotatable bonds is 4. The Bertz CT molecular complexity index is 209. The predicted octanol–water partition coefficient (Wildman–Crippen LogP) is 0.484. The summed E-state index contributed by atoms with van der Waals surface area (Å²) in [4.78, 5) is 11.0. The van der Waals surface area contributed by atoms with Crippen molar-refractivity contribution >= 4 is 5.97 Å². The topological polar surface area (TPSA) is 47.6 Å². The molecular formula is C10H17NO3. The first-order valence-corrected chi connectivity index (χ1v) is 4.84. The zero-order valence-corrected chi connectivity index (χ0v) is 8.54. The van der Waals surface area contributed by atoms with Crippen LogP contribution in [0.5, 0.6) is 0 Å². The summed E-state index contributed by atoms with van der Waals surface area (Å²) in [6.45, 7) is 7.91. The second-order valence-corrected chi connectivity index (χ2v) is 3.43. The second kappa shape index (κ2) is 5.78. The molecule has 1 heterocycles. The minimum atomic E-state index is -0.318. The van der Waals surface area contributed by atoms with Crippen molar-refractivity contribution in [2.75, 3.05) is 26.4 Å². The van der Waals surface area contributed by atoms with Crippen molar-refractivity contribution in [2.24, 2.45) is 0 Å². The SMILES string of the molecule is C=C(C)C(=O)OCCC1COCCN1. The number of hydrogen-bond donors (Lipinski definition) is 1. The van der Waals surface area contributed by atoms with Crippen LogP contribution in [0.3, 0.4) is 0 Å². The van der Waals surface area contributed by atoms with E-state index in [0.717, 1.165) is 19.6 Å². The van der Waals surface area contributed by atoms with Gasteiger partial charge < -0.3 is 14.8 Å². The van der Waals surface area contributed by atoms with Gasteiger partial charge in [0.05, 0.1) is 19.8 Å². The van der Waals surface area contributed by atoms with Gasteiger partial charge in [-0.1, -0.05) is 6.58 Å². The molecule has 1 fully saturated rings. The van der Waals surface area contributed by atoms with E-state index in [1.165, 1.54) is 0 Å². The Balaban J connectivity index is 2.08. The molecule has 0 spiro atoms. The van der Waals surface area contributed by atoms with Crippen LogP contribution < -0.4 is 5.32 Å². The van der Waals surface area contributed by atoms with E-state index < -0.39 is 0 Å². The highest BCUT2D eigenvalue weighted by Crippen LogP contribution is 2.00. The molecule has 1 atom stereocenters. The van der Waals surface area contributed by atoms with Crippen LogP contribution >= 0.6 is 0 Å². The summed E-state index contributed by atoms with van der Waals surface area (Å²) in [7, 11) is 0. The van der Waals surface area contributed by atoms with Gasteiger partial charge >= 0.3 is 5.97 Å². The summed E-state index contributed by atoms with van der Waals surface area (Å²) >= 11 is 0. The molecule has 1 unspecified atom stereocenters. The number of hydrogen-bond acceptors (Lipinski definition) is 4. The lowest BCUT2D eigenvalue weighted by molar-refractivity contribution is -0.139. The molecule has 0 aromatic carbocycles. The summed E-state index contributed by atoms with van der Waals surface area (Å²) in [5.41, 5.74) is 0.442. The quantitative estimate of drug-likeness (QED) is 0.528. The Labute approximate surface area is 84.3 Å². The third-order valence-electron chi connectivity index (χ3n) is 2.05. The van der Waals surface area contributed by atoms with Crippen LogP contribution in [-0.4, -0.2) is 38.4 Å². The van der Waals surface area contributed by atoms with Crippen LogP contribution in [0.4, 0.5) is 0 Å². The van der Waals surface area contributed by atoms with Crippen LogP contribution in [0, 0.1) is 0 Å². The molecule has 0 bridgehead atoms. The molecule has 4 heteroatoms. The van der Waals surface area contributed by atoms with Gasteiger partial charge in [-0.25, -0.2) is 4.79 Å². The number of nitrogens with one attached hydrogen (secondary N) is 1. The second-order valence-electron chi connectivity index (χ2n) is 3.43. The maximum Gasteiger partial charge on any atom is 0.333 e. The molecule has 0 aromatic heterocycles. The van der Waals surface area contributed by atoms with Crippen molar-refractivity contribution in [1.29, 1.82) is 0 Å². The average molecular weight is 199 g/mol. The van der Waals surface area contributed by atoms with Crippen LogP contribution in [0.1, 0.15) is 13.3 Å². The summed E-state index contributed by atoms with van der Waals surface area (Å²) in [6.07, 6.45) is 0.791. The van der Waals surface area contributed by atoms with E-state index in [1.807, 2.05) is 0 Å². The van der Waals surface area contributed by atoms with Crippen LogP contribution in [0.2, 0.25) is 0 Å². The number of morpholine rings is 1. The smallest absolute Gasteiger partial charge is 0.333 e. The Morgan fingerprint density at radius 1 is 1.71 bits per heavy atom. The van der Waals surface area contributed by atoms with Crippen molar-refractivity contribution in [3.05, 3.63) is 12.2 Å². The van der Waals surface area contributed by atoms with Gasteiger partial charge in [0, 0.05) is 18.2 Å². The molecule has 1 rings (SSSR count). The highest BCUT2D eigenvalue weighted by atomic mass is 16.5. The Morgan fingerprint density at radius 2 is 2.50 bits per heavy atom. The van der Waals surface area contributed by atoms with E-state index in [-0.39, 0.29) is 5.97 Å². The molecular weight excluding hydrogens is 182 g/mol. The third kappa shape index (κ3) is 3.89. The number of carbonyl (C=O) groups excluding carboxylic acids is 1. The van der Waals surface area contributed by atoms with Crippen molar-refractivity contribution in [3.63, 3.8) is 0 Å². The molecule has 0 radical (unpaired) electrons. The van der Waals surface area contributed by atoms with Crippen molar-refractivity contribution in [3.8, 4) is 0 Å². The lowest BCUT2D eigenvalue weighted by Gasteiger charge is -2.23. The van der Waals surface area contributed by atoms with Crippen LogP contribution in [0.15, 0.2) is 12.2 Å². The molecule has 0 aliphatic carbocycles. The lowest BCUT2D eigenvalue weighted by atomic mass is 10.2. The summed E-state index contributed by atoms with van der Waals surface area (Å²) in [6, 6.07) is 0.307. The fourth-order valence-electron chi connectivity index (χ4n) is 1.22. The van der Waals surface area contributed by atoms with Crippen molar-refractivity contribution < 1.29 is 14.3 Å². The molecule has 0 amide bonds. The maximum atomic E-state index is 11.0. The van der Waals surface area contributed by atoms with E-state index in [2.05, 4.69) is 11.9 Å². The monoisotopic (exact) mass is 199 g/mol. The standard InChI is InChI=1S/C10H17NO3/c1-8(2)10(12)14-5-3-9-7-13-6-4-11-9/h9,11H,1,3-7H2,2H3. The largest absolute Gasteiger partial charge is 0.462 e. The summed E-state index contributed by atoms with van der Waals surface area (Å²) in [5, 5.41) is 3.28. The zero-order chi connectivity index (χ0) is 10.4. The van der Waals surface area contributed by atoms with Crippen molar-refractivity contribution in [2.45, 2.75) is 19.4 Å². The molecule has 0 saturated carbocycles. The molecule has 4 nitrogen and oxygen atoms in total. The van der Waals surface area contributed by atoms with Gasteiger partial charge in [-0.15, -0.1) is 0 Å². The molecule has 14 heavy (non-hydrogen) atoms.